The second kappa shape index (κ2) is 7.64. The second-order valence-electron chi connectivity index (χ2n) is 3.59. The van der Waals surface area contributed by atoms with Crippen molar-refractivity contribution in [2.45, 2.75) is 20.8 Å². The van der Waals surface area contributed by atoms with Crippen molar-refractivity contribution in [3.05, 3.63) is 39.9 Å². The molecule has 4 heteroatoms. The summed E-state index contributed by atoms with van der Waals surface area (Å²) in [7, 11) is 0. The summed E-state index contributed by atoms with van der Waals surface area (Å²) in [6, 6.07) is 6.11. The Morgan fingerprint density at radius 3 is 2.00 bits per heavy atom. The zero-order valence-electron chi connectivity index (χ0n) is 10.8. The van der Waals surface area contributed by atoms with Gasteiger partial charge in [0.05, 0.1) is 4.24 Å². The lowest BCUT2D eigenvalue weighted by atomic mass is 10.0. The van der Waals surface area contributed by atoms with Crippen LogP contribution in [0.5, 0.6) is 0 Å². The highest BCUT2D eigenvalue weighted by atomic mass is 32.2. The molecule has 1 aromatic rings. The van der Waals surface area contributed by atoms with Crippen LogP contribution in [0, 0.1) is 5.82 Å². The number of Topliss-reactive ketones (excluding diaryl/α,β-unsaturated/α-hetero) is 1. The smallest absolute Gasteiger partial charge is 0.162 e. The Morgan fingerprint density at radius 2 is 1.61 bits per heavy atom. The third kappa shape index (κ3) is 4.18. The van der Waals surface area contributed by atoms with Crippen LogP contribution in [-0.2, 0) is 4.79 Å². The molecule has 0 amide bonds. The molecule has 0 aliphatic carbocycles. The van der Waals surface area contributed by atoms with Crippen molar-refractivity contribution in [3.63, 3.8) is 0 Å². The molecule has 1 aromatic carbocycles. The van der Waals surface area contributed by atoms with Crippen LogP contribution in [0.25, 0.3) is 5.57 Å². The average Bonchev–Trinajstić information content (AvgIpc) is 2.32. The number of hydrogen-bond donors (Lipinski definition) is 0. The topological polar surface area (TPSA) is 17.1 Å². The van der Waals surface area contributed by atoms with Crippen LogP contribution in [0.3, 0.4) is 0 Å². The highest BCUT2D eigenvalue weighted by Gasteiger charge is 2.14. The van der Waals surface area contributed by atoms with Gasteiger partial charge in [0.2, 0.25) is 0 Å². The number of benzene rings is 1. The summed E-state index contributed by atoms with van der Waals surface area (Å²) < 4.78 is 14.0. The molecule has 18 heavy (non-hydrogen) atoms. The summed E-state index contributed by atoms with van der Waals surface area (Å²) in [4.78, 5) is 11.8. The fourth-order valence-electron chi connectivity index (χ4n) is 1.53. The van der Waals surface area contributed by atoms with Gasteiger partial charge >= 0.3 is 0 Å². The molecule has 0 unspecified atom stereocenters. The third-order valence-electron chi connectivity index (χ3n) is 2.24. The minimum absolute atomic E-state index is 0.0264. The molecule has 0 spiro atoms. The van der Waals surface area contributed by atoms with Crippen molar-refractivity contribution in [2.75, 3.05) is 11.5 Å². The van der Waals surface area contributed by atoms with E-state index in [1.165, 1.54) is 12.1 Å². The van der Waals surface area contributed by atoms with Gasteiger partial charge in [-0.05, 0) is 36.1 Å². The maximum atomic E-state index is 12.9. The Hall–Kier alpha value is -0.740. The molecule has 0 bridgehead atoms. The minimum Gasteiger partial charge on any atom is -0.294 e. The van der Waals surface area contributed by atoms with Crippen LogP contribution >= 0.6 is 23.5 Å². The Bertz CT molecular complexity index is 430. The maximum Gasteiger partial charge on any atom is 0.162 e. The lowest BCUT2D eigenvalue weighted by molar-refractivity contribution is -0.111. The first-order valence-corrected chi connectivity index (χ1v) is 7.84. The summed E-state index contributed by atoms with van der Waals surface area (Å²) in [6.45, 7) is 5.68. The van der Waals surface area contributed by atoms with Crippen molar-refractivity contribution >= 4 is 34.9 Å². The van der Waals surface area contributed by atoms with Crippen molar-refractivity contribution < 1.29 is 9.18 Å². The van der Waals surface area contributed by atoms with E-state index in [0.717, 1.165) is 21.3 Å². The first-order chi connectivity index (χ1) is 8.60. The number of carbonyl (C=O) groups is 1. The van der Waals surface area contributed by atoms with E-state index in [9.17, 15) is 9.18 Å². The quantitative estimate of drug-likeness (QED) is 0.711. The van der Waals surface area contributed by atoms with E-state index >= 15 is 0 Å². The van der Waals surface area contributed by atoms with E-state index < -0.39 is 0 Å². The SMILES string of the molecule is CCSC(SCC)=C(C(C)=O)c1ccc(F)cc1. The van der Waals surface area contributed by atoms with Gasteiger partial charge in [-0.1, -0.05) is 26.0 Å². The van der Waals surface area contributed by atoms with Gasteiger partial charge in [-0.3, -0.25) is 4.79 Å². The van der Waals surface area contributed by atoms with E-state index in [0.29, 0.717) is 5.57 Å². The fraction of sp³-hybridized carbons (Fsp3) is 0.357. The number of halogens is 1. The van der Waals surface area contributed by atoms with Gasteiger partial charge in [0.1, 0.15) is 5.82 Å². The molecule has 0 aromatic heterocycles. The average molecular weight is 284 g/mol. The summed E-state index contributed by atoms with van der Waals surface area (Å²) in [6.07, 6.45) is 0. The van der Waals surface area contributed by atoms with Crippen LogP contribution in [0.1, 0.15) is 26.3 Å². The van der Waals surface area contributed by atoms with Gasteiger partial charge in [0, 0.05) is 5.57 Å². The number of carbonyl (C=O) groups excluding carboxylic acids is 1. The predicted octanol–water partition coefficient (Wildman–Crippen LogP) is 4.59. The summed E-state index contributed by atoms with van der Waals surface area (Å²) >= 11 is 3.33. The maximum absolute atomic E-state index is 12.9. The van der Waals surface area contributed by atoms with Crippen molar-refractivity contribution in [3.8, 4) is 0 Å². The Morgan fingerprint density at radius 1 is 1.11 bits per heavy atom. The van der Waals surface area contributed by atoms with Crippen LogP contribution in [0.4, 0.5) is 4.39 Å². The van der Waals surface area contributed by atoms with Crippen molar-refractivity contribution in [1.29, 1.82) is 0 Å². The molecule has 0 heterocycles. The minimum atomic E-state index is -0.283. The van der Waals surface area contributed by atoms with Gasteiger partial charge in [0.15, 0.2) is 5.78 Å². The number of thioether (sulfide) groups is 2. The lowest BCUT2D eigenvalue weighted by Gasteiger charge is -2.11. The van der Waals surface area contributed by atoms with Crippen LogP contribution in [0.15, 0.2) is 28.5 Å². The van der Waals surface area contributed by atoms with Crippen molar-refractivity contribution in [1.82, 2.24) is 0 Å². The van der Waals surface area contributed by atoms with E-state index in [1.54, 1.807) is 42.6 Å². The van der Waals surface area contributed by atoms with Crippen LogP contribution in [-0.4, -0.2) is 17.3 Å². The first-order valence-electron chi connectivity index (χ1n) is 5.86. The molecule has 0 N–H and O–H groups in total. The number of allylic oxidation sites excluding steroid dienone is 1. The monoisotopic (exact) mass is 284 g/mol. The molecular formula is C14H17FOS2. The Balaban J connectivity index is 3.24. The molecule has 0 aliphatic heterocycles. The third-order valence-corrected chi connectivity index (χ3v) is 4.46. The molecule has 98 valence electrons. The highest BCUT2D eigenvalue weighted by Crippen LogP contribution is 2.36. The Kier molecular flexibility index (Phi) is 6.50. The normalized spacial score (nSPS) is 10.2. The zero-order valence-corrected chi connectivity index (χ0v) is 12.5. The highest BCUT2D eigenvalue weighted by molar-refractivity contribution is 8.22. The van der Waals surface area contributed by atoms with E-state index in [4.69, 9.17) is 0 Å². The van der Waals surface area contributed by atoms with E-state index in [2.05, 4.69) is 13.8 Å². The van der Waals surface area contributed by atoms with Gasteiger partial charge in [0.25, 0.3) is 0 Å². The number of rotatable bonds is 6. The van der Waals surface area contributed by atoms with E-state index in [-0.39, 0.29) is 11.6 Å². The molecule has 0 aliphatic rings. The summed E-state index contributed by atoms with van der Waals surface area (Å²) in [5, 5.41) is 0. The predicted molar refractivity (Wildman–Crippen MR) is 80.3 cm³/mol. The number of hydrogen-bond acceptors (Lipinski definition) is 3. The van der Waals surface area contributed by atoms with Crippen molar-refractivity contribution in [2.24, 2.45) is 0 Å². The lowest BCUT2D eigenvalue weighted by Crippen LogP contribution is -1.99. The van der Waals surface area contributed by atoms with Crippen LogP contribution in [0.2, 0.25) is 0 Å². The van der Waals surface area contributed by atoms with Gasteiger partial charge in [-0.15, -0.1) is 23.5 Å². The molecule has 0 saturated carbocycles. The summed E-state index contributed by atoms with van der Waals surface area (Å²) in [5.74, 6) is 1.58. The van der Waals surface area contributed by atoms with Gasteiger partial charge in [-0.25, -0.2) is 4.39 Å². The van der Waals surface area contributed by atoms with Gasteiger partial charge < -0.3 is 0 Å². The fourth-order valence-corrected chi connectivity index (χ4v) is 3.91. The molecule has 1 rings (SSSR count). The summed E-state index contributed by atoms with van der Waals surface area (Å²) in [5.41, 5.74) is 1.49. The first kappa shape index (κ1) is 15.3. The Labute approximate surface area is 116 Å². The van der Waals surface area contributed by atoms with E-state index in [1.807, 2.05) is 0 Å². The second-order valence-corrected chi connectivity index (χ2v) is 6.40. The van der Waals surface area contributed by atoms with Gasteiger partial charge in [-0.2, -0.15) is 0 Å². The molecular weight excluding hydrogens is 267 g/mol. The number of ketones is 1. The molecule has 0 fully saturated rings. The molecule has 0 atom stereocenters. The molecule has 0 radical (unpaired) electrons. The van der Waals surface area contributed by atoms with Crippen LogP contribution < -0.4 is 0 Å². The molecule has 1 nitrogen and oxygen atoms in total. The molecule has 0 saturated heterocycles. The largest absolute Gasteiger partial charge is 0.294 e. The zero-order chi connectivity index (χ0) is 13.5. The standard InChI is InChI=1S/C14H17FOS2/c1-4-17-14(18-5-2)13(10(3)16)11-6-8-12(15)9-7-11/h6-9H,4-5H2,1-3H3.